The highest BCUT2D eigenvalue weighted by Crippen LogP contribution is 2.18. The summed E-state index contributed by atoms with van der Waals surface area (Å²) in [6, 6.07) is 3.64. The molecule has 0 saturated heterocycles. The van der Waals surface area contributed by atoms with Crippen LogP contribution in [-0.4, -0.2) is 4.98 Å². The zero-order chi connectivity index (χ0) is 8.10. The third-order valence-electron chi connectivity index (χ3n) is 1.20. The molecule has 0 N–H and O–H groups in total. The molecular formula is C6H9NO2P2. The van der Waals surface area contributed by atoms with Gasteiger partial charge in [0.05, 0.1) is 16.1 Å². The van der Waals surface area contributed by atoms with Crippen LogP contribution in [0.15, 0.2) is 18.3 Å². The van der Waals surface area contributed by atoms with Crippen LogP contribution >= 0.6 is 18.9 Å². The first kappa shape index (κ1) is 8.86. The molecule has 0 aliphatic carbocycles. The maximum Gasteiger partial charge on any atom is 0.146 e. The van der Waals surface area contributed by atoms with Gasteiger partial charge < -0.3 is 9.05 Å². The van der Waals surface area contributed by atoms with E-state index in [-0.39, 0.29) is 0 Å². The zero-order valence-electron chi connectivity index (χ0n) is 5.86. The smallest absolute Gasteiger partial charge is 0.146 e. The van der Waals surface area contributed by atoms with E-state index < -0.39 is 0 Å². The van der Waals surface area contributed by atoms with E-state index in [2.05, 4.69) is 23.9 Å². The summed E-state index contributed by atoms with van der Waals surface area (Å²) in [4.78, 5) is 4.06. The van der Waals surface area contributed by atoms with Crippen LogP contribution in [0.2, 0.25) is 0 Å². The van der Waals surface area contributed by atoms with Crippen molar-refractivity contribution in [1.82, 2.24) is 4.98 Å². The highest BCUT2D eigenvalue weighted by Gasteiger charge is 2.00. The lowest BCUT2D eigenvalue weighted by Crippen LogP contribution is -1.91. The number of pyridine rings is 1. The Morgan fingerprint density at radius 1 is 1.45 bits per heavy atom. The molecule has 5 heteroatoms. The predicted molar refractivity (Wildman–Crippen MR) is 49.1 cm³/mol. The molecule has 0 spiro atoms. The van der Waals surface area contributed by atoms with Gasteiger partial charge in [0.2, 0.25) is 0 Å². The second kappa shape index (κ2) is 4.61. The van der Waals surface area contributed by atoms with Gasteiger partial charge in [-0.2, -0.15) is 0 Å². The molecule has 0 aromatic carbocycles. The van der Waals surface area contributed by atoms with Crippen molar-refractivity contribution >= 4 is 18.9 Å². The molecule has 1 aromatic rings. The number of rotatable bonds is 3. The van der Waals surface area contributed by atoms with E-state index in [4.69, 9.17) is 9.05 Å². The van der Waals surface area contributed by atoms with Gasteiger partial charge in [-0.15, -0.1) is 0 Å². The average Bonchev–Trinajstić information content (AvgIpc) is 2.06. The molecule has 3 nitrogen and oxygen atoms in total. The third-order valence-corrected chi connectivity index (χ3v) is 1.62. The minimum absolute atomic E-state index is 0.440. The van der Waals surface area contributed by atoms with Crippen LogP contribution in [0.5, 0.6) is 5.75 Å². The van der Waals surface area contributed by atoms with E-state index in [1.807, 2.05) is 12.1 Å². The van der Waals surface area contributed by atoms with Gasteiger partial charge in [0.1, 0.15) is 11.4 Å². The molecule has 1 aromatic heterocycles. The SMILES string of the molecule is POCc1ncccc1OP. The standard InChI is InChI=1S/C6H9NO2P2/c10-8-4-5-6(9-11)2-1-3-7-5/h1-3H,4,10-11H2. The lowest BCUT2D eigenvalue weighted by Gasteiger charge is -2.04. The second-order valence-corrected chi connectivity index (χ2v) is 2.45. The summed E-state index contributed by atoms with van der Waals surface area (Å²) in [6.07, 6.45) is 1.70. The Morgan fingerprint density at radius 2 is 2.27 bits per heavy atom. The zero-order valence-corrected chi connectivity index (χ0v) is 8.17. The molecule has 1 rings (SSSR count). The number of aromatic nitrogens is 1. The molecule has 0 amide bonds. The van der Waals surface area contributed by atoms with E-state index in [0.717, 1.165) is 11.4 Å². The van der Waals surface area contributed by atoms with Crippen LogP contribution in [0.25, 0.3) is 0 Å². The van der Waals surface area contributed by atoms with Crippen molar-refractivity contribution in [2.45, 2.75) is 6.61 Å². The van der Waals surface area contributed by atoms with Gasteiger partial charge in [0, 0.05) is 15.7 Å². The first-order chi connectivity index (χ1) is 5.38. The second-order valence-electron chi connectivity index (χ2n) is 1.88. The lowest BCUT2D eigenvalue weighted by molar-refractivity contribution is 0.350. The average molecular weight is 189 g/mol. The van der Waals surface area contributed by atoms with Crippen molar-refractivity contribution in [3.63, 3.8) is 0 Å². The molecule has 11 heavy (non-hydrogen) atoms. The molecule has 60 valence electrons. The minimum Gasteiger partial charge on any atom is -0.478 e. The molecular weight excluding hydrogens is 180 g/mol. The fourth-order valence-corrected chi connectivity index (χ4v) is 1.09. The summed E-state index contributed by atoms with van der Waals surface area (Å²) < 4.78 is 9.80. The molecule has 0 fully saturated rings. The van der Waals surface area contributed by atoms with Gasteiger partial charge >= 0.3 is 0 Å². The summed E-state index contributed by atoms with van der Waals surface area (Å²) in [5.74, 6) is 0.722. The Labute approximate surface area is 70.1 Å². The Kier molecular flexibility index (Phi) is 3.71. The van der Waals surface area contributed by atoms with Crippen molar-refractivity contribution in [3.8, 4) is 5.75 Å². The number of nitrogens with zero attached hydrogens (tertiary/aromatic N) is 1. The summed E-state index contributed by atoms with van der Waals surface area (Å²) in [5, 5.41) is 0. The molecule has 1 heterocycles. The summed E-state index contributed by atoms with van der Waals surface area (Å²) in [6.45, 7) is 0.440. The van der Waals surface area contributed by atoms with Crippen LogP contribution in [0, 0.1) is 0 Å². The van der Waals surface area contributed by atoms with Crippen LogP contribution in [-0.2, 0) is 11.1 Å². The first-order valence-electron chi connectivity index (χ1n) is 3.00. The molecule has 0 aliphatic heterocycles. The quantitative estimate of drug-likeness (QED) is 0.676. The Hall–Kier alpha value is -0.230. The van der Waals surface area contributed by atoms with Crippen LogP contribution in [0.1, 0.15) is 5.69 Å². The van der Waals surface area contributed by atoms with Crippen molar-refractivity contribution in [2.75, 3.05) is 0 Å². The molecule has 2 unspecified atom stereocenters. The van der Waals surface area contributed by atoms with Gasteiger partial charge in [-0.05, 0) is 12.1 Å². The van der Waals surface area contributed by atoms with Crippen molar-refractivity contribution in [2.24, 2.45) is 0 Å². The van der Waals surface area contributed by atoms with Crippen molar-refractivity contribution < 1.29 is 9.05 Å². The van der Waals surface area contributed by atoms with Gasteiger partial charge in [-0.3, -0.25) is 4.98 Å². The normalized spacial score (nSPS) is 9.64. The van der Waals surface area contributed by atoms with E-state index in [1.165, 1.54) is 0 Å². The Morgan fingerprint density at radius 3 is 2.91 bits per heavy atom. The Balaban J connectivity index is 2.83. The maximum absolute atomic E-state index is 4.96. The van der Waals surface area contributed by atoms with Crippen molar-refractivity contribution in [3.05, 3.63) is 24.0 Å². The van der Waals surface area contributed by atoms with Crippen molar-refractivity contribution in [1.29, 1.82) is 0 Å². The maximum atomic E-state index is 4.96. The monoisotopic (exact) mass is 189 g/mol. The van der Waals surface area contributed by atoms with Gasteiger partial charge in [-0.1, -0.05) is 0 Å². The minimum atomic E-state index is 0.440. The molecule has 0 aliphatic rings. The largest absolute Gasteiger partial charge is 0.478 e. The molecule has 0 bridgehead atoms. The number of hydrogen-bond acceptors (Lipinski definition) is 3. The van der Waals surface area contributed by atoms with Crippen LogP contribution in [0.4, 0.5) is 0 Å². The summed E-state index contributed by atoms with van der Waals surface area (Å²) in [7, 11) is 4.34. The first-order valence-corrected chi connectivity index (χ1v) is 3.95. The molecule has 0 saturated carbocycles. The Bertz CT molecular complexity index is 232. The van der Waals surface area contributed by atoms with Crippen LogP contribution in [0.3, 0.4) is 0 Å². The van der Waals surface area contributed by atoms with E-state index in [1.54, 1.807) is 6.20 Å². The topological polar surface area (TPSA) is 31.4 Å². The lowest BCUT2D eigenvalue weighted by atomic mass is 10.3. The summed E-state index contributed by atoms with van der Waals surface area (Å²) >= 11 is 0. The predicted octanol–water partition coefficient (Wildman–Crippen LogP) is 1.56. The van der Waals surface area contributed by atoms with Gasteiger partial charge in [0.25, 0.3) is 0 Å². The van der Waals surface area contributed by atoms with Crippen LogP contribution < -0.4 is 4.52 Å². The fraction of sp³-hybridized carbons (Fsp3) is 0.167. The van der Waals surface area contributed by atoms with Gasteiger partial charge in [0.15, 0.2) is 0 Å². The van der Waals surface area contributed by atoms with E-state index in [9.17, 15) is 0 Å². The highest BCUT2D eigenvalue weighted by molar-refractivity contribution is 7.10. The van der Waals surface area contributed by atoms with E-state index in [0.29, 0.717) is 6.61 Å². The molecule has 0 radical (unpaired) electrons. The number of hydrogen-bond donors (Lipinski definition) is 0. The summed E-state index contributed by atoms with van der Waals surface area (Å²) in [5.41, 5.74) is 0.789. The van der Waals surface area contributed by atoms with Gasteiger partial charge in [-0.25, -0.2) is 0 Å². The molecule has 2 atom stereocenters. The third kappa shape index (κ3) is 2.37. The fourth-order valence-electron chi connectivity index (χ4n) is 0.718. The highest BCUT2D eigenvalue weighted by atomic mass is 31.0. The van der Waals surface area contributed by atoms with E-state index >= 15 is 0 Å².